The number of alkyl halides is 3. The van der Waals surface area contributed by atoms with E-state index in [4.69, 9.17) is 22.1 Å². The van der Waals surface area contributed by atoms with Crippen molar-refractivity contribution in [2.24, 2.45) is 5.41 Å². The van der Waals surface area contributed by atoms with Gasteiger partial charge in [0, 0.05) is 36.3 Å². The van der Waals surface area contributed by atoms with Gasteiger partial charge in [-0.15, -0.1) is 0 Å². The van der Waals surface area contributed by atoms with Crippen LogP contribution in [0.4, 0.5) is 24.9 Å². The number of rotatable bonds is 6. The number of aliphatic carboxylic acids is 1. The number of nitrogens with zero attached hydrogens (tertiary/aromatic N) is 3. The van der Waals surface area contributed by atoms with E-state index < -0.39 is 24.3 Å². The van der Waals surface area contributed by atoms with Crippen LogP contribution >= 0.6 is 11.6 Å². The van der Waals surface area contributed by atoms with E-state index in [1.807, 2.05) is 4.90 Å². The van der Waals surface area contributed by atoms with Crippen LogP contribution in [0.3, 0.4) is 0 Å². The highest BCUT2D eigenvalue weighted by Crippen LogP contribution is 2.43. The third-order valence-electron chi connectivity index (χ3n) is 7.43. The van der Waals surface area contributed by atoms with E-state index in [0.29, 0.717) is 60.9 Å². The van der Waals surface area contributed by atoms with Gasteiger partial charge in [-0.2, -0.15) is 23.1 Å². The van der Waals surface area contributed by atoms with Gasteiger partial charge in [0.15, 0.2) is 0 Å². The number of piperidine rings is 1. The number of carboxylic acids is 1. The molecule has 3 heterocycles. The molecule has 0 bridgehead atoms. The van der Waals surface area contributed by atoms with E-state index in [1.54, 1.807) is 36.4 Å². The number of hydrogen-bond donors (Lipinski definition) is 3. The standard InChI is InChI=1S/C27H27ClF3N5O3/c28-17-5-3-4-16(12-17)18-6-1-2-7-19(18)23(27(29,30)31)39-22-13-21(34-25(32)35-22)36-10-8-26(9-11-36)14-20(24(37)38)33-15-26/h1-7,12-13,20,23,33H,8-11,14-15H2,(H,37,38)(H2,32,34,35)/t20?,23-/m1/s1. The molecule has 2 aliphatic heterocycles. The Hall–Kier alpha value is -3.57. The number of halogens is 4. The van der Waals surface area contributed by atoms with Crippen molar-refractivity contribution in [3.63, 3.8) is 0 Å². The van der Waals surface area contributed by atoms with Crippen molar-refractivity contribution >= 4 is 29.3 Å². The minimum atomic E-state index is -4.76. The van der Waals surface area contributed by atoms with Gasteiger partial charge in [-0.25, -0.2) is 0 Å². The first kappa shape index (κ1) is 27.0. The summed E-state index contributed by atoms with van der Waals surface area (Å²) in [6, 6.07) is 13.5. The van der Waals surface area contributed by atoms with Gasteiger partial charge < -0.3 is 25.8 Å². The highest BCUT2D eigenvalue weighted by atomic mass is 35.5. The van der Waals surface area contributed by atoms with Gasteiger partial charge in [0.2, 0.25) is 17.9 Å². The van der Waals surface area contributed by atoms with E-state index in [1.165, 1.54) is 18.2 Å². The minimum Gasteiger partial charge on any atom is -0.480 e. The van der Waals surface area contributed by atoms with Gasteiger partial charge in [0.1, 0.15) is 11.9 Å². The SMILES string of the molecule is Nc1nc(O[C@H](c2ccccc2-c2cccc(Cl)c2)C(F)(F)F)cc(N2CCC3(CC2)CNC(C(=O)O)C3)n1. The van der Waals surface area contributed by atoms with Crippen LogP contribution in [0.25, 0.3) is 11.1 Å². The highest BCUT2D eigenvalue weighted by Gasteiger charge is 2.45. The number of hydrogen-bond acceptors (Lipinski definition) is 7. The number of anilines is 2. The largest absolute Gasteiger partial charge is 0.480 e. The van der Waals surface area contributed by atoms with Crippen LogP contribution in [-0.2, 0) is 4.79 Å². The van der Waals surface area contributed by atoms with E-state index in [2.05, 4.69) is 15.3 Å². The molecule has 12 heteroatoms. The minimum absolute atomic E-state index is 0.0902. The van der Waals surface area contributed by atoms with Crippen LogP contribution in [0.15, 0.2) is 54.6 Å². The molecule has 2 aliphatic rings. The number of benzene rings is 2. The van der Waals surface area contributed by atoms with Crippen molar-refractivity contribution in [2.75, 3.05) is 30.3 Å². The predicted octanol–water partition coefficient (Wildman–Crippen LogP) is 5.09. The summed E-state index contributed by atoms with van der Waals surface area (Å²) in [6.07, 6.45) is -5.13. The number of carboxylic acid groups (broad SMARTS) is 1. The lowest BCUT2D eigenvalue weighted by atomic mass is 9.76. The second-order valence-electron chi connectivity index (χ2n) is 10.0. The van der Waals surface area contributed by atoms with Crippen LogP contribution in [0, 0.1) is 5.41 Å². The van der Waals surface area contributed by atoms with E-state index in [0.717, 1.165) is 0 Å². The molecule has 2 fully saturated rings. The summed E-state index contributed by atoms with van der Waals surface area (Å²) < 4.78 is 48.7. The fourth-order valence-corrected chi connectivity index (χ4v) is 5.60. The average molecular weight is 562 g/mol. The zero-order chi connectivity index (χ0) is 27.8. The highest BCUT2D eigenvalue weighted by molar-refractivity contribution is 6.30. The number of nitrogens with two attached hydrogens (primary N) is 1. The summed E-state index contributed by atoms with van der Waals surface area (Å²) in [5.41, 5.74) is 6.52. The predicted molar refractivity (Wildman–Crippen MR) is 141 cm³/mol. The molecule has 2 aromatic carbocycles. The molecule has 1 unspecified atom stereocenters. The molecule has 2 atom stereocenters. The maximum Gasteiger partial charge on any atom is 0.429 e. The summed E-state index contributed by atoms with van der Waals surface area (Å²) in [5.74, 6) is -1.01. The fourth-order valence-electron chi connectivity index (χ4n) is 5.41. The van der Waals surface area contributed by atoms with Crippen molar-refractivity contribution in [2.45, 2.75) is 37.6 Å². The molecule has 39 heavy (non-hydrogen) atoms. The summed E-state index contributed by atoms with van der Waals surface area (Å²) in [5, 5.41) is 12.8. The van der Waals surface area contributed by atoms with E-state index >= 15 is 0 Å². The van der Waals surface area contributed by atoms with Gasteiger partial charge in [-0.3, -0.25) is 4.79 Å². The Balaban J connectivity index is 1.39. The Morgan fingerprint density at radius 1 is 1.15 bits per heavy atom. The van der Waals surface area contributed by atoms with Gasteiger partial charge in [-0.1, -0.05) is 48.0 Å². The second kappa shape index (κ2) is 10.5. The van der Waals surface area contributed by atoms with Gasteiger partial charge in [0.05, 0.1) is 0 Å². The second-order valence-corrected chi connectivity index (χ2v) is 10.5. The lowest BCUT2D eigenvalue weighted by Crippen LogP contribution is -2.41. The Labute approximate surface area is 228 Å². The van der Waals surface area contributed by atoms with Crippen LogP contribution in [-0.4, -0.2) is 52.9 Å². The Morgan fingerprint density at radius 3 is 2.56 bits per heavy atom. The third-order valence-corrected chi connectivity index (χ3v) is 7.66. The van der Waals surface area contributed by atoms with Crippen LogP contribution in [0.2, 0.25) is 5.02 Å². The lowest BCUT2D eigenvalue weighted by Gasteiger charge is -2.39. The zero-order valence-electron chi connectivity index (χ0n) is 20.8. The number of carbonyl (C=O) groups is 1. The molecule has 4 N–H and O–H groups in total. The Kier molecular flexibility index (Phi) is 7.30. The summed E-state index contributed by atoms with van der Waals surface area (Å²) in [7, 11) is 0. The molecular formula is C27H27ClF3N5O3. The summed E-state index contributed by atoms with van der Waals surface area (Å²) >= 11 is 6.10. The molecule has 8 nitrogen and oxygen atoms in total. The van der Waals surface area contributed by atoms with Gasteiger partial charge in [0.25, 0.3) is 0 Å². The third kappa shape index (κ3) is 5.89. The Morgan fingerprint density at radius 2 is 1.90 bits per heavy atom. The average Bonchev–Trinajstić information content (AvgIpc) is 3.30. The maximum atomic E-state index is 14.4. The number of nitrogens with one attached hydrogen (secondary N) is 1. The monoisotopic (exact) mass is 561 g/mol. The van der Waals surface area contributed by atoms with Crippen molar-refractivity contribution in [1.82, 2.24) is 15.3 Å². The van der Waals surface area contributed by atoms with Gasteiger partial charge >= 0.3 is 12.1 Å². The van der Waals surface area contributed by atoms with Crippen LogP contribution in [0.5, 0.6) is 5.88 Å². The molecule has 206 valence electrons. The molecule has 1 spiro atoms. The molecule has 0 amide bonds. The van der Waals surface area contributed by atoms with Gasteiger partial charge in [-0.05, 0) is 47.9 Å². The normalized spacial score (nSPS) is 19.7. The van der Waals surface area contributed by atoms with E-state index in [-0.39, 0.29) is 22.8 Å². The first-order valence-corrected chi connectivity index (χ1v) is 12.8. The smallest absolute Gasteiger partial charge is 0.429 e. The first-order chi connectivity index (χ1) is 18.5. The van der Waals surface area contributed by atoms with Crippen molar-refractivity contribution in [1.29, 1.82) is 0 Å². The molecule has 5 rings (SSSR count). The molecule has 3 aromatic rings. The topological polar surface area (TPSA) is 114 Å². The molecular weight excluding hydrogens is 535 g/mol. The van der Waals surface area contributed by atoms with E-state index in [9.17, 15) is 23.1 Å². The number of nitrogen functional groups attached to an aromatic ring is 1. The number of ether oxygens (including phenoxy) is 1. The summed E-state index contributed by atoms with van der Waals surface area (Å²) in [6.45, 7) is 1.70. The van der Waals surface area contributed by atoms with Crippen LogP contribution < -0.4 is 20.7 Å². The zero-order valence-corrected chi connectivity index (χ0v) is 21.5. The number of aromatic nitrogens is 2. The van der Waals surface area contributed by atoms with Crippen molar-refractivity contribution in [3.05, 3.63) is 65.2 Å². The van der Waals surface area contributed by atoms with Crippen molar-refractivity contribution < 1.29 is 27.8 Å². The summed E-state index contributed by atoms with van der Waals surface area (Å²) in [4.78, 5) is 21.5. The maximum absolute atomic E-state index is 14.4. The quantitative estimate of drug-likeness (QED) is 0.381. The van der Waals surface area contributed by atoms with Crippen molar-refractivity contribution in [3.8, 4) is 17.0 Å². The molecule has 1 aromatic heterocycles. The molecule has 0 aliphatic carbocycles. The molecule has 0 radical (unpaired) electrons. The fraction of sp³-hybridized carbons (Fsp3) is 0.370. The first-order valence-electron chi connectivity index (χ1n) is 12.5. The molecule has 2 saturated heterocycles. The lowest BCUT2D eigenvalue weighted by molar-refractivity contribution is -0.198. The Bertz CT molecular complexity index is 1360. The van der Waals surface area contributed by atoms with Crippen LogP contribution in [0.1, 0.15) is 30.9 Å². The molecule has 0 saturated carbocycles.